The molecule has 1 N–H and O–H groups in total. The van der Waals surface area contributed by atoms with Crippen molar-refractivity contribution in [2.24, 2.45) is 0 Å². The second-order valence-corrected chi connectivity index (χ2v) is 6.35. The molecule has 17 heavy (non-hydrogen) atoms. The summed E-state index contributed by atoms with van der Waals surface area (Å²) in [6.07, 6.45) is -0.408. The van der Waals surface area contributed by atoms with Gasteiger partial charge in [-0.1, -0.05) is 22.0 Å². The zero-order valence-electron chi connectivity index (χ0n) is 8.66. The first-order chi connectivity index (χ1) is 8.08. The van der Waals surface area contributed by atoms with Gasteiger partial charge in [0.05, 0.1) is 6.10 Å². The van der Waals surface area contributed by atoms with Gasteiger partial charge in [-0.3, -0.25) is 0 Å². The smallest absolute Gasteiger partial charge is 0.130 e. The fraction of sp³-hybridized carbons (Fsp3) is 0.167. The van der Waals surface area contributed by atoms with Crippen LogP contribution in [0.1, 0.15) is 16.5 Å². The van der Waals surface area contributed by atoms with E-state index in [4.69, 9.17) is 0 Å². The average Bonchev–Trinajstić information content (AvgIpc) is 2.64. The minimum Gasteiger partial charge on any atom is -0.388 e. The molecule has 1 atom stereocenters. The topological polar surface area (TPSA) is 20.2 Å². The molecule has 0 saturated carbocycles. The molecule has 1 heterocycles. The van der Waals surface area contributed by atoms with E-state index in [0.29, 0.717) is 16.5 Å². The van der Waals surface area contributed by atoms with Gasteiger partial charge in [0.1, 0.15) is 5.82 Å². The Hall–Kier alpha value is -0.230. The van der Waals surface area contributed by atoms with Crippen LogP contribution in [0.2, 0.25) is 0 Å². The third-order valence-corrected chi connectivity index (χ3v) is 4.83. The quantitative estimate of drug-likeness (QED) is 0.820. The molecule has 1 aromatic heterocycles. The van der Waals surface area contributed by atoms with Crippen LogP contribution in [0.3, 0.4) is 0 Å². The first-order valence-corrected chi connectivity index (χ1v) is 7.39. The van der Waals surface area contributed by atoms with Crippen LogP contribution in [0.4, 0.5) is 4.39 Å². The van der Waals surface area contributed by atoms with Crippen molar-refractivity contribution >= 4 is 43.2 Å². The van der Waals surface area contributed by atoms with Crippen LogP contribution in [0, 0.1) is 5.82 Å². The van der Waals surface area contributed by atoms with Gasteiger partial charge in [-0.2, -0.15) is 0 Å². The predicted octanol–water partition coefficient (Wildman–Crippen LogP) is 4.69. The number of halogens is 3. The highest BCUT2D eigenvalue weighted by atomic mass is 79.9. The van der Waals surface area contributed by atoms with E-state index in [0.717, 1.165) is 9.35 Å². The molecule has 90 valence electrons. The fourth-order valence-electron chi connectivity index (χ4n) is 1.53. The summed E-state index contributed by atoms with van der Waals surface area (Å²) in [6.45, 7) is 0. The van der Waals surface area contributed by atoms with Crippen molar-refractivity contribution in [1.82, 2.24) is 0 Å². The van der Waals surface area contributed by atoms with Crippen LogP contribution < -0.4 is 0 Å². The number of aliphatic hydroxyl groups excluding tert-OH is 1. The van der Waals surface area contributed by atoms with Crippen molar-refractivity contribution in [3.05, 3.63) is 54.8 Å². The number of thiophene rings is 1. The summed E-state index contributed by atoms with van der Waals surface area (Å²) in [7, 11) is 0. The molecule has 0 bridgehead atoms. The van der Waals surface area contributed by atoms with Crippen molar-refractivity contribution in [1.29, 1.82) is 0 Å². The van der Waals surface area contributed by atoms with E-state index in [-0.39, 0.29) is 5.82 Å². The van der Waals surface area contributed by atoms with Gasteiger partial charge in [-0.25, -0.2) is 4.39 Å². The second kappa shape index (κ2) is 5.61. The number of rotatable bonds is 3. The summed E-state index contributed by atoms with van der Waals surface area (Å²) in [5.74, 6) is -0.389. The maximum Gasteiger partial charge on any atom is 0.130 e. The molecule has 0 aliphatic heterocycles. The van der Waals surface area contributed by atoms with E-state index in [1.807, 2.05) is 11.4 Å². The van der Waals surface area contributed by atoms with Crippen LogP contribution >= 0.6 is 43.2 Å². The van der Waals surface area contributed by atoms with Crippen molar-refractivity contribution in [3.8, 4) is 0 Å². The molecule has 0 aliphatic carbocycles. The minimum absolute atomic E-state index is 0.327. The van der Waals surface area contributed by atoms with E-state index in [2.05, 4.69) is 31.9 Å². The Bertz CT molecular complexity index is 527. The molecule has 0 spiro atoms. The van der Waals surface area contributed by atoms with Crippen LogP contribution in [0.25, 0.3) is 0 Å². The third kappa shape index (κ3) is 3.16. The Morgan fingerprint density at radius 1 is 1.29 bits per heavy atom. The van der Waals surface area contributed by atoms with Gasteiger partial charge in [0.25, 0.3) is 0 Å². The minimum atomic E-state index is -0.821. The lowest BCUT2D eigenvalue weighted by Crippen LogP contribution is -2.03. The molecular weight excluding hydrogens is 371 g/mol. The molecule has 0 radical (unpaired) electrons. The molecule has 5 heteroatoms. The maximum absolute atomic E-state index is 13.6. The summed E-state index contributed by atoms with van der Waals surface area (Å²) in [6, 6.07) is 6.61. The molecule has 0 saturated heterocycles. The molecule has 0 amide bonds. The Labute approximate surface area is 120 Å². The van der Waals surface area contributed by atoms with Crippen LogP contribution in [0.5, 0.6) is 0 Å². The molecular formula is C12H9Br2FOS. The van der Waals surface area contributed by atoms with Gasteiger partial charge < -0.3 is 5.11 Å². The second-order valence-electron chi connectivity index (χ2n) is 3.58. The largest absolute Gasteiger partial charge is 0.388 e. The molecule has 2 aromatic rings. The van der Waals surface area contributed by atoms with E-state index in [9.17, 15) is 9.50 Å². The van der Waals surface area contributed by atoms with Gasteiger partial charge in [0.15, 0.2) is 0 Å². The summed E-state index contributed by atoms with van der Waals surface area (Å²) in [5.41, 5.74) is 0.327. The first-order valence-electron chi connectivity index (χ1n) is 4.93. The van der Waals surface area contributed by atoms with Crippen molar-refractivity contribution in [2.75, 3.05) is 0 Å². The van der Waals surface area contributed by atoms with E-state index in [1.54, 1.807) is 23.5 Å². The van der Waals surface area contributed by atoms with Crippen LogP contribution in [-0.2, 0) is 6.42 Å². The standard InChI is InChI=1S/C12H9Br2FOS/c13-7-1-2-8(10(15)5-7)11(16)6-12-9(14)3-4-17-12/h1-5,11,16H,6H2. The third-order valence-electron chi connectivity index (χ3n) is 2.39. The summed E-state index contributed by atoms with van der Waals surface area (Å²) in [5, 5.41) is 12.0. The Kier molecular flexibility index (Phi) is 4.36. The molecule has 1 aromatic carbocycles. The molecule has 1 unspecified atom stereocenters. The molecule has 0 aliphatic rings. The maximum atomic E-state index is 13.6. The van der Waals surface area contributed by atoms with Gasteiger partial charge in [0, 0.05) is 25.8 Å². The summed E-state index contributed by atoms with van der Waals surface area (Å²) in [4.78, 5) is 1.01. The van der Waals surface area contributed by atoms with E-state index >= 15 is 0 Å². The van der Waals surface area contributed by atoms with Crippen LogP contribution in [0.15, 0.2) is 38.6 Å². The first kappa shape index (κ1) is 13.2. The number of benzene rings is 1. The van der Waals surface area contributed by atoms with Crippen molar-refractivity contribution in [2.45, 2.75) is 12.5 Å². The van der Waals surface area contributed by atoms with Crippen molar-refractivity contribution in [3.63, 3.8) is 0 Å². The molecule has 0 fully saturated rings. The lowest BCUT2D eigenvalue weighted by Gasteiger charge is -2.11. The highest BCUT2D eigenvalue weighted by Gasteiger charge is 2.15. The lowest BCUT2D eigenvalue weighted by atomic mass is 10.1. The lowest BCUT2D eigenvalue weighted by molar-refractivity contribution is 0.174. The highest BCUT2D eigenvalue weighted by Crippen LogP contribution is 2.29. The highest BCUT2D eigenvalue weighted by molar-refractivity contribution is 9.10. The number of hydrogen-bond acceptors (Lipinski definition) is 2. The number of hydrogen-bond donors (Lipinski definition) is 1. The summed E-state index contributed by atoms with van der Waals surface area (Å²) < 4.78 is 15.3. The SMILES string of the molecule is OC(Cc1sccc1Br)c1ccc(Br)cc1F. The fourth-order valence-corrected chi connectivity index (χ4v) is 3.41. The zero-order chi connectivity index (χ0) is 12.4. The van der Waals surface area contributed by atoms with Gasteiger partial charge in [0.2, 0.25) is 0 Å². The Morgan fingerprint density at radius 2 is 2.06 bits per heavy atom. The molecule has 2 rings (SSSR count). The zero-order valence-corrected chi connectivity index (χ0v) is 12.6. The average molecular weight is 380 g/mol. The van der Waals surface area contributed by atoms with E-state index < -0.39 is 6.10 Å². The monoisotopic (exact) mass is 378 g/mol. The van der Waals surface area contributed by atoms with Gasteiger partial charge in [-0.05, 0) is 39.5 Å². The van der Waals surface area contributed by atoms with Crippen molar-refractivity contribution < 1.29 is 9.50 Å². The molecule has 1 nitrogen and oxygen atoms in total. The number of aliphatic hydroxyl groups is 1. The van der Waals surface area contributed by atoms with Gasteiger partial charge >= 0.3 is 0 Å². The Balaban J connectivity index is 2.20. The van der Waals surface area contributed by atoms with Gasteiger partial charge in [-0.15, -0.1) is 11.3 Å². The normalized spacial score (nSPS) is 12.7. The Morgan fingerprint density at radius 3 is 2.65 bits per heavy atom. The predicted molar refractivity (Wildman–Crippen MR) is 74.8 cm³/mol. The van der Waals surface area contributed by atoms with E-state index in [1.165, 1.54) is 6.07 Å². The summed E-state index contributed by atoms with van der Waals surface area (Å²) >= 11 is 8.13. The van der Waals surface area contributed by atoms with Crippen LogP contribution in [-0.4, -0.2) is 5.11 Å².